The standard InChI is InChI=1S/C36H87ClSi10/c1-38(2,3)33(39(4,5)6)26-27-34(40(7,8)9,41(10,11)12)46(33)30-25-32(31-46)47(37)35(42(13,14)15,43(16,17)18)28-29-36(47,44(19,20)21)45(22,23)24/h32H,25-31H2,1-24H3. The van der Waals surface area contributed by atoms with Gasteiger partial charge in [-0.25, -0.2) is 0 Å². The molecule has 1 unspecified atom stereocenters. The van der Waals surface area contributed by atoms with Gasteiger partial charge in [0, 0.05) is 64.6 Å². The van der Waals surface area contributed by atoms with E-state index in [4.69, 9.17) is 0 Å². The lowest BCUT2D eigenvalue weighted by Crippen LogP contribution is -2.77. The minimum Gasteiger partial charge on any atom is -0.167 e. The number of rotatable bonds is 9. The van der Waals surface area contributed by atoms with Gasteiger partial charge in [-0.05, 0) is 22.7 Å². The van der Waals surface area contributed by atoms with E-state index in [1.165, 1.54) is 12.8 Å². The molecule has 1 spiro atoms. The van der Waals surface area contributed by atoms with Gasteiger partial charge in [0.2, 0.25) is 0 Å². The first kappa shape index (κ1) is 43.9. The highest BCUT2D eigenvalue weighted by molar-refractivity contribution is 7.43. The molecule has 1 atom stereocenters. The predicted octanol–water partition coefficient (Wildman–Crippen LogP) is 15.0. The maximum atomic E-state index is 9.61. The Labute approximate surface area is 312 Å². The molecule has 0 aromatic rings. The second kappa shape index (κ2) is 11.7. The topological polar surface area (TPSA) is 0 Å². The van der Waals surface area contributed by atoms with Crippen LogP contribution in [0, 0.1) is 0 Å². The summed E-state index contributed by atoms with van der Waals surface area (Å²) in [5.41, 5.74) is 0.868. The fourth-order valence-corrected chi connectivity index (χ4v) is 138. The van der Waals surface area contributed by atoms with Gasteiger partial charge in [-0.1, -0.05) is 201 Å². The molecule has 3 saturated heterocycles. The van der Waals surface area contributed by atoms with E-state index in [0.717, 1.165) is 14.1 Å². The van der Waals surface area contributed by atoms with Gasteiger partial charge in [0.25, 0.3) is 0 Å². The molecule has 3 aliphatic heterocycles. The van der Waals surface area contributed by atoms with E-state index in [9.17, 15) is 11.1 Å². The van der Waals surface area contributed by atoms with Crippen LogP contribution in [0.15, 0.2) is 0 Å². The minimum absolute atomic E-state index is 0.514. The monoisotopic (exact) mass is 834 g/mol. The summed E-state index contributed by atoms with van der Waals surface area (Å²) >= 11 is 9.61. The van der Waals surface area contributed by atoms with Gasteiger partial charge < -0.3 is 0 Å². The maximum Gasteiger partial charge on any atom is 0.161 e. The zero-order chi connectivity index (χ0) is 37.5. The van der Waals surface area contributed by atoms with Crippen LogP contribution in [0.2, 0.25) is 192 Å². The van der Waals surface area contributed by atoms with E-state index in [1.54, 1.807) is 31.4 Å². The summed E-state index contributed by atoms with van der Waals surface area (Å²) in [6.45, 7) is 68.7. The molecule has 0 nitrogen and oxygen atoms in total. The molecule has 0 bridgehead atoms. The van der Waals surface area contributed by atoms with Crippen LogP contribution in [0.4, 0.5) is 0 Å². The van der Waals surface area contributed by atoms with Crippen LogP contribution >= 0.6 is 11.1 Å². The van der Waals surface area contributed by atoms with E-state index in [1.807, 2.05) is 0 Å². The molecule has 0 aromatic carbocycles. The van der Waals surface area contributed by atoms with Crippen LogP contribution in [0.25, 0.3) is 0 Å². The van der Waals surface area contributed by atoms with Gasteiger partial charge >= 0.3 is 0 Å². The first-order valence-corrected chi connectivity index (χ1v) is 53.4. The molecule has 3 fully saturated rings. The van der Waals surface area contributed by atoms with Gasteiger partial charge in [0.15, 0.2) is 7.38 Å². The van der Waals surface area contributed by atoms with Crippen LogP contribution in [0.5, 0.6) is 0 Å². The Morgan fingerprint density at radius 3 is 0.809 bits per heavy atom. The number of hydrogen-bond donors (Lipinski definition) is 0. The molecule has 3 rings (SSSR count). The SMILES string of the molecule is C[Si](C)(C)C1([Si](C)(C)C)CCC([Si](C)(C)C)([Si](C)(C)C)[Si]12CCC([Si]1(Cl)C([Si](C)(C)C)([Si](C)(C)C)CCC1([Si](C)(C)C)[Si](C)(C)C)C2. The summed E-state index contributed by atoms with van der Waals surface area (Å²) in [5, 5.41) is 0. The van der Waals surface area contributed by atoms with Crippen LogP contribution in [0.3, 0.4) is 0 Å². The lowest BCUT2D eigenvalue weighted by molar-refractivity contribution is 0.763. The van der Waals surface area contributed by atoms with Crippen molar-refractivity contribution >= 4 is 91.1 Å². The highest BCUT2D eigenvalue weighted by atomic mass is 35.6. The van der Waals surface area contributed by atoms with Gasteiger partial charge in [0.1, 0.15) is 0 Å². The van der Waals surface area contributed by atoms with Crippen LogP contribution in [0.1, 0.15) is 32.1 Å². The highest BCUT2D eigenvalue weighted by Gasteiger charge is 2.86. The van der Waals surface area contributed by atoms with Crippen molar-refractivity contribution in [2.45, 2.75) is 224 Å². The summed E-state index contributed by atoms with van der Waals surface area (Å²) in [6.07, 6.45) is 7.79. The molecule has 0 aliphatic carbocycles. The minimum atomic E-state index is -2.39. The number of hydrogen-bond acceptors (Lipinski definition) is 0. The Morgan fingerprint density at radius 1 is 0.383 bits per heavy atom. The van der Waals surface area contributed by atoms with Gasteiger partial charge in [-0.15, -0.1) is 0 Å². The van der Waals surface area contributed by atoms with Crippen LogP contribution < -0.4 is 0 Å². The Kier molecular flexibility index (Phi) is 10.9. The fraction of sp³-hybridized carbons (Fsp3) is 1.00. The first-order valence-electron chi connectivity index (χ1n) is 19.9. The normalized spacial score (nSPS) is 27.9. The average Bonchev–Trinajstić information content (AvgIpc) is 3.41. The molecule has 3 aliphatic rings. The molecule has 0 aromatic heterocycles. The summed E-state index contributed by atoms with van der Waals surface area (Å²) in [6, 6.07) is 3.35. The van der Waals surface area contributed by atoms with Crippen molar-refractivity contribution in [3.8, 4) is 0 Å². The van der Waals surface area contributed by atoms with Crippen LogP contribution in [-0.4, -0.2) is 80.0 Å². The van der Waals surface area contributed by atoms with Crippen molar-refractivity contribution < 1.29 is 0 Å². The lowest BCUT2D eigenvalue weighted by Gasteiger charge is -2.69. The number of halogens is 1. The van der Waals surface area contributed by atoms with Crippen molar-refractivity contribution in [1.82, 2.24) is 0 Å². The third-order valence-electron chi connectivity index (χ3n) is 16.9. The molecule has 0 N–H and O–H groups in total. The molecule has 0 saturated carbocycles. The molecule has 11 heteroatoms. The first-order chi connectivity index (χ1) is 20.2. The van der Waals surface area contributed by atoms with Gasteiger partial charge in [-0.3, -0.25) is 0 Å². The highest BCUT2D eigenvalue weighted by Crippen LogP contribution is 2.86. The van der Waals surface area contributed by atoms with Gasteiger partial charge in [0.05, 0.1) is 8.07 Å². The van der Waals surface area contributed by atoms with E-state index in [0.29, 0.717) is 8.57 Å². The molecule has 0 radical (unpaired) electrons. The van der Waals surface area contributed by atoms with Gasteiger partial charge in [-0.2, -0.15) is 11.1 Å². The van der Waals surface area contributed by atoms with Crippen LogP contribution in [-0.2, 0) is 0 Å². The van der Waals surface area contributed by atoms with E-state index in [2.05, 4.69) is 157 Å². The largest absolute Gasteiger partial charge is 0.167 e. The van der Waals surface area contributed by atoms with Crippen molar-refractivity contribution in [2.24, 2.45) is 0 Å². The summed E-state index contributed by atoms with van der Waals surface area (Å²) < 4.78 is 2.48. The molecule has 47 heavy (non-hydrogen) atoms. The third-order valence-corrected chi connectivity index (χ3v) is 102. The zero-order valence-electron chi connectivity index (χ0n) is 36.9. The lowest BCUT2D eigenvalue weighted by atomic mass is 10.4. The Morgan fingerprint density at radius 2 is 0.596 bits per heavy atom. The smallest absolute Gasteiger partial charge is 0.161 e. The molecular weight excluding hydrogens is 749 g/mol. The summed E-state index contributed by atoms with van der Waals surface area (Å²) in [7, 11) is -16.9. The molecular formula is C36H87ClSi10. The third kappa shape index (κ3) is 5.23. The maximum absolute atomic E-state index is 9.61. The van der Waals surface area contributed by atoms with E-state index < -0.39 is 80.0 Å². The van der Waals surface area contributed by atoms with E-state index in [-0.39, 0.29) is 0 Å². The Balaban J connectivity index is 2.66. The predicted molar refractivity (Wildman–Crippen MR) is 251 cm³/mol. The van der Waals surface area contributed by atoms with E-state index >= 15 is 0 Å². The quantitative estimate of drug-likeness (QED) is 0.160. The molecule has 0 amide bonds. The van der Waals surface area contributed by atoms with Crippen molar-refractivity contribution in [2.75, 3.05) is 0 Å². The summed E-state index contributed by atoms with van der Waals surface area (Å²) in [5.74, 6) is 0. The molecule has 278 valence electrons. The summed E-state index contributed by atoms with van der Waals surface area (Å²) in [4.78, 5) is 0. The average molecular weight is 836 g/mol. The van der Waals surface area contributed by atoms with Crippen molar-refractivity contribution in [3.05, 3.63) is 0 Å². The van der Waals surface area contributed by atoms with Crippen molar-refractivity contribution in [1.29, 1.82) is 0 Å². The second-order valence-electron chi connectivity index (χ2n) is 25.9. The zero-order valence-corrected chi connectivity index (χ0v) is 47.7. The fourth-order valence-electron chi connectivity index (χ4n) is 17.7. The molecule has 3 heterocycles. The second-order valence-corrected chi connectivity index (χ2v) is 85.2. The Hall–Kier alpha value is 2.46. The van der Waals surface area contributed by atoms with Crippen molar-refractivity contribution in [3.63, 3.8) is 0 Å². The Bertz CT molecular complexity index is 1050.